The van der Waals surface area contributed by atoms with Crippen LogP contribution in [-0.4, -0.2) is 37.0 Å². The van der Waals surface area contributed by atoms with E-state index < -0.39 is 16.1 Å². The van der Waals surface area contributed by atoms with Gasteiger partial charge in [-0.3, -0.25) is 0 Å². The van der Waals surface area contributed by atoms with Gasteiger partial charge in [0.2, 0.25) is 10.0 Å². The summed E-state index contributed by atoms with van der Waals surface area (Å²) in [5.41, 5.74) is 1.18. The summed E-state index contributed by atoms with van der Waals surface area (Å²) in [6, 6.07) is 15.8. The Kier molecular flexibility index (Phi) is 8.50. The van der Waals surface area contributed by atoms with Gasteiger partial charge in [-0.2, -0.15) is 4.31 Å². The molecule has 0 saturated carbocycles. The molecule has 1 unspecified atom stereocenters. The SMILES string of the molecule is CC(C)C[C@H](CO)N(CCC(C)c1ccccc1)S(=O)(=O)c1ccc(Cl)cc1. The number of aliphatic hydroxyl groups is 1. The molecule has 28 heavy (non-hydrogen) atoms. The van der Waals surface area contributed by atoms with Crippen molar-refractivity contribution in [3.63, 3.8) is 0 Å². The van der Waals surface area contributed by atoms with E-state index in [-0.39, 0.29) is 23.3 Å². The van der Waals surface area contributed by atoms with Gasteiger partial charge in [0.05, 0.1) is 11.5 Å². The van der Waals surface area contributed by atoms with Crippen molar-refractivity contribution in [3.8, 4) is 0 Å². The number of hydrogen-bond donors (Lipinski definition) is 1. The number of aliphatic hydroxyl groups excluding tert-OH is 1. The molecule has 2 aromatic carbocycles. The zero-order chi connectivity index (χ0) is 20.7. The molecular weight excluding hydrogens is 394 g/mol. The molecule has 0 spiro atoms. The summed E-state index contributed by atoms with van der Waals surface area (Å²) >= 11 is 5.92. The molecule has 2 rings (SSSR count). The Balaban J connectivity index is 2.29. The van der Waals surface area contributed by atoms with Crippen molar-refractivity contribution >= 4 is 21.6 Å². The molecule has 1 N–H and O–H groups in total. The Morgan fingerprint density at radius 1 is 1.00 bits per heavy atom. The highest BCUT2D eigenvalue weighted by molar-refractivity contribution is 7.89. The van der Waals surface area contributed by atoms with Crippen LogP contribution in [0.4, 0.5) is 0 Å². The third-order valence-corrected chi connectivity index (χ3v) is 7.15. The summed E-state index contributed by atoms with van der Waals surface area (Å²) in [7, 11) is -3.74. The molecule has 0 radical (unpaired) electrons. The molecule has 2 aromatic rings. The van der Waals surface area contributed by atoms with Gasteiger partial charge in [-0.1, -0.05) is 62.7 Å². The molecule has 0 aliphatic heterocycles. The summed E-state index contributed by atoms with van der Waals surface area (Å²) in [6.45, 7) is 6.30. The van der Waals surface area contributed by atoms with Crippen LogP contribution in [-0.2, 0) is 10.0 Å². The van der Waals surface area contributed by atoms with E-state index >= 15 is 0 Å². The third-order valence-electron chi connectivity index (χ3n) is 4.93. The number of sulfonamides is 1. The number of hydrogen-bond acceptors (Lipinski definition) is 3. The molecule has 154 valence electrons. The Labute approximate surface area is 174 Å². The molecule has 4 nitrogen and oxygen atoms in total. The first-order valence-corrected chi connectivity index (χ1v) is 11.5. The van der Waals surface area contributed by atoms with Crippen LogP contribution in [0.5, 0.6) is 0 Å². The topological polar surface area (TPSA) is 57.6 Å². The van der Waals surface area contributed by atoms with Gasteiger partial charge in [0.15, 0.2) is 0 Å². The summed E-state index contributed by atoms with van der Waals surface area (Å²) in [5.74, 6) is 0.481. The quantitative estimate of drug-likeness (QED) is 0.589. The molecule has 0 aromatic heterocycles. The van der Waals surface area contributed by atoms with E-state index in [1.165, 1.54) is 22.0 Å². The number of nitrogens with zero attached hydrogens (tertiary/aromatic N) is 1. The molecule has 6 heteroatoms. The molecule has 0 aliphatic carbocycles. The van der Waals surface area contributed by atoms with Crippen LogP contribution >= 0.6 is 11.6 Å². The van der Waals surface area contributed by atoms with Crippen molar-refractivity contribution in [1.82, 2.24) is 4.31 Å². The van der Waals surface area contributed by atoms with E-state index in [2.05, 4.69) is 19.1 Å². The molecule has 2 atom stereocenters. The van der Waals surface area contributed by atoms with Crippen molar-refractivity contribution in [3.05, 3.63) is 65.2 Å². The van der Waals surface area contributed by atoms with E-state index in [9.17, 15) is 13.5 Å². The fraction of sp³-hybridized carbons (Fsp3) is 0.455. The van der Waals surface area contributed by atoms with Gasteiger partial charge in [-0.15, -0.1) is 0 Å². The van der Waals surface area contributed by atoms with Gasteiger partial charge in [-0.05, 0) is 54.5 Å². The molecule has 0 heterocycles. The maximum Gasteiger partial charge on any atom is 0.243 e. The number of benzene rings is 2. The Hall–Kier alpha value is -1.40. The maximum absolute atomic E-state index is 13.3. The van der Waals surface area contributed by atoms with Crippen LogP contribution in [0.2, 0.25) is 5.02 Å². The predicted octanol–water partition coefficient (Wildman–Crippen LogP) is 4.93. The normalized spacial score (nSPS) is 14.4. The monoisotopic (exact) mass is 423 g/mol. The largest absolute Gasteiger partial charge is 0.395 e. The van der Waals surface area contributed by atoms with Gasteiger partial charge in [0, 0.05) is 17.6 Å². The standard InChI is InChI=1S/C22H30ClNO3S/c1-17(2)15-21(16-25)24(14-13-18(3)19-7-5-4-6-8-19)28(26,27)22-11-9-20(23)10-12-22/h4-12,17-18,21,25H,13-16H2,1-3H3/t18?,21-/m1/s1. The molecule has 0 bridgehead atoms. The Bertz CT molecular complexity index is 823. The Morgan fingerprint density at radius 2 is 1.61 bits per heavy atom. The summed E-state index contributed by atoms with van der Waals surface area (Å²) in [6.07, 6.45) is 1.27. The van der Waals surface area contributed by atoms with Crippen LogP contribution in [0.25, 0.3) is 0 Å². The van der Waals surface area contributed by atoms with Gasteiger partial charge in [-0.25, -0.2) is 8.42 Å². The molecule has 0 fully saturated rings. The molecular formula is C22H30ClNO3S. The second-order valence-electron chi connectivity index (χ2n) is 7.64. The molecule has 0 aliphatic rings. The Morgan fingerprint density at radius 3 is 2.14 bits per heavy atom. The van der Waals surface area contributed by atoms with Crippen molar-refractivity contribution in [2.24, 2.45) is 5.92 Å². The van der Waals surface area contributed by atoms with Gasteiger partial charge in [0.25, 0.3) is 0 Å². The lowest BCUT2D eigenvalue weighted by Crippen LogP contribution is -2.44. The molecule has 0 amide bonds. The fourth-order valence-electron chi connectivity index (χ4n) is 3.34. The minimum atomic E-state index is -3.74. The third kappa shape index (κ3) is 6.05. The van der Waals surface area contributed by atoms with E-state index in [1.807, 2.05) is 32.0 Å². The van der Waals surface area contributed by atoms with Crippen molar-refractivity contribution in [2.45, 2.75) is 50.5 Å². The first kappa shape index (κ1) is 22.9. The second-order valence-corrected chi connectivity index (χ2v) is 9.96. The fourth-order valence-corrected chi connectivity index (χ4v) is 5.11. The van der Waals surface area contributed by atoms with Crippen molar-refractivity contribution in [1.29, 1.82) is 0 Å². The minimum absolute atomic E-state index is 0.200. The zero-order valence-corrected chi connectivity index (χ0v) is 18.3. The average Bonchev–Trinajstić information content (AvgIpc) is 2.67. The van der Waals surface area contributed by atoms with E-state index in [0.29, 0.717) is 24.4 Å². The van der Waals surface area contributed by atoms with Gasteiger partial charge in [0.1, 0.15) is 0 Å². The number of halogens is 1. The van der Waals surface area contributed by atoms with E-state index in [0.717, 1.165) is 0 Å². The minimum Gasteiger partial charge on any atom is -0.395 e. The first-order valence-electron chi connectivity index (χ1n) is 9.69. The maximum atomic E-state index is 13.3. The average molecular weight is 424 g/mol. The summed E-state index contributed by atoms with van der Waals surface area (Å²) < 4.78 is 28.2. The smallest absolute Gasteiger partial charge is 0.243 e. The molecule has 0 saturated heterocycles. The van der Waals surface area contributed by atoms with Crippen LogP contribution < -0.4 is 0 Å². The van der Waals surface area contributed by atoms with Crippen LogP contribution in [0.15, 0.2) is 59.5 Å². The van der Waals surface area contributed by atoms with Crippen LogP contribution in [0.1, 0.15) is 45.1 Å². The van der Waals surface area contributed by atoms with Crippen molar-refractivity contribution in [2.75, 3.05) is 13.2 Å². The highest BCUT2D eigenvalue weighted by atomic mass is 35.5. The second kappa shape index (κ2) is 10.4. The first-order chi connectivity index (χ1) is 13.3. The van der Waals surface area contributed by atoms with Crippen LogP contribution in [0, 0.1) is 5.92 Å². The summed E-state index contributed by atoms with van der Waals surface area (Å²) in [4.78, 5) is 0.200. The lowest BCUT2D eigenvalue weighted by molar-refractivity contribution is 0.165. The lowest BCUT2D eigenvalue weighted by Gasteiger charge is -2.31. The summed E-state index contributed by atoms with van der Waals surface area (Å²) in [5, 5.41) is 10.4. The van der Waals surface area contributed by atoms with E-state index in [4.69, 9.17) is 11.6 Å². The van der Waals surface area contributed by atoms with E-state index in [1.54, 1.807) is 12.1 Å². The number of rotatable bonds is 10. The zero-order valence-electron chi connectivity index (χ0n) is 16.8. The highest BCUT2D eigenvalue weighted by Gasteiger charge is 2.31. The van der Waals surface area contributed by atoms with Gasteiger partial charge >= 0.3 is 0 Å². The van der Waals surface area contributed by atoms with Crippen LogP contribution in [0.3, 0.4) is 0 Å². The van der Waals surface area contributed by atoms with Crippen molar-refractivity contribution < 1.29 is 13.5 Å². The van der Waals surface area contributed by atoms with Gasteiger partial charge < -0.3 is 5.11 Å². The lowest BCUT2D eigenvalue weighted by atomic mass is 9.97. The predicted molar refractivity (Wildman–Crippen MR) is 115 cm³/mol. The highest BCUT2D eigenvalue weighted by Crippen LogP contribution is 2.26.